The first-order valence-electron chi connectivity index (χ1n) is 5.91. The largest absolute Gasteiger partial charge is 0.0613 e. The highest BCUT2D eigenvalue weighted by Crippen LogP contribution is 2.30. The van der Waals surface area contributed by atoms with E-state index < -0.39 is 0 Å². The topological polar surface area (TPSA) is 0 Å². The predicted molar refractivity (Wildman–Crippen MR) is 62.0 cm³/mol. The summed E-state index contributed by atoms with van der Waals surface area (Å²) in [5.74, 6) is 0. The van der Waals surface area contributed by atoms with Crippen LogP contribution in [0.4, 0.5) is 0 Å². The number of rotatable bonds is 2. The highest BCUT2D eigenvalue weighted by atomic mass is 14.2. The normalized spacial score (nSPS) is 14.5. The second kappa shape index (κ2) is 3.76. The van der Waals surface area contributed by atoms with Crippen LogP contribution in [0.1, 0.15) is 48.1 Å². The number of hydrogen-bond acceptors (Lipinski definition) is 0. The molecule has 0 unspecified atom stereocenters. The molecule has 0 atom stereocenters. The molecule has 0 spiro atoms. The maximum atomic E-state index is 2.47. The summed E-state index contributed by atoms with van der Waals surface area (Å²) in [6, 6.07) is 2.47. The van der Waals surface area contributed by atoms with Crippen molar-refractivity contribution in [1.82, 2.24) is 0 Å². The molecule has 1 aliphatic carbocycles. The van der Waals surface area contributed by atoms with Crippen molar-refractivity contribution in [3.05, 3.63) is 33.9 Å². The van der Waals surface area contributed by atoms with E-state index >= 15 is 0 Å². The average Bonchev–Trinajstić information content (AvgIpc) is 2.65. The van der Waals surface area contributed by atoms with Crippen molar-refractivity contribution >= 4 is 0 Å². The standard InChI is InChI=1S/C14H20/c1-4-11-9-12-7-6-8-14(12)10(3)13(11)5-2/h9H,4-8H2,1-3H3. The van der Waals surface area contributed by atoms with Gasteiger partial charge in [-0.05, 0) is 66.8 Å². The van der Waals surface area contributed by atoms with Gasteiger partial charge in [0, 0.05) is 0 Å². The van der Waals surface area contributed by atoms with Crippen LogP contribution in [-0.2, 0) is 25.7 Å². The number of benzene rings is 1. The van der Waals surface area contributed by atoms with Gasteiger partial charge in [-0.3, -0.25) is 0 Å². The predicted octanol–water partition coefficient (Wildman–Crippen LogP) is 3.61. The van der Waals surface area contributed by atoms with E-state index in [4.69, 9.17) is 0 Å². The lowest BCUT2D eigenvalue weighted by molar-refractivity contribution is 0.908. The zero-order chi connectivity index (χ0) is 10.1. The van der Waals surface area contributed by atoms with E-state index in [1.54, 1.807) is 27.8 Å². The van der Waals surface area contributed by atoms with Crippen LogP contribution < -0.4 is 0 Å². The Morgan fingerprint density at radius 3 is 2.57 bits per heavy atom. The second-order valence-electron chi connectivity index (χ2n) is 4.34. The molecule has 0 heterocycles. The van der Waals surface area contributed by atoms with Crippen LogP contribution in [0.3, 0.4) is 0 Å². The van der Waals surface area contributed by atoms with Crippen molar-refractivity contribution in [3.8, 4) is 0 Å². The van der Waals surface area contributed by atoms with E-state index in [0.29, 0.717) is 0 Å². The molecule has 0 saturated heterocycles. The molecule has 0 aliphatic heterocycles. The molecule has 0 amide bonds. The van der Waals surface area contributed by atoms with Gasteiger partial charge in [0.2, 0.25) is 0 Å². The summed E-state index contributed by atoms with van der Waals surface area (Å²) >= 11 is 0. The minimum atomic E-state index is 1.19. The first kappa shape index (κ1) is 9.76. The summed E-state index contributed by atoms with van der Waals surface area (Å²) in [5.41, 5.74) is 8.11. The molecule has 2 rings (SSSR count). The third kappa shape index (κ3) is 1.37. The maximum absolute atomic E-state index is 2.47. The zero-order valence-electron chi connectivity index (χ0n) is 9.61. The Labute approximate surface area is 87.3 Å². The molecule has 0 N–H and O–H groups in total. The Morgan fingerprint density at radius 1 is 1.14 bits per heavy atom. The van der Waals surface area contributed by atoms with E-state index in [0.717, 1.165) is 0 Å². The summed E-state index contributed by atoms with van der Waals surface area (Å²) in [4.78, 5) is 0. The van der Waals surface area contributed by atoms with Crippen LogP contribution in [0.2, 0.25) is 0 Å². The molecule has 0 radical (unpaired) electrons. The molecule has 76 valence electrons. The van der Waals surface area contributed by atoms with Crippen molar-refractivity contribution in [2.75, 3.05) is 0 Å². The number of aryl methyl sites for hydroxylation is 2. The maximum Gasteiger partial charge on any atom is -0.0270 e. The Morgan fingerprint density at radius 2 is 1.93 bits per heavy atom. The molecule has 1 aliphatic rings. The fourth-order valence-electron chi connectivity index (χ4n) is 2.88. The van der Waals surface area contributed by atoms with Gasteiger partial charge in [-0.15, -0.1) is 0 Å². The SMILES string of the molecule is CCc1cc2c(c(C)c1CC)CCC2. The van der Waals surface area contributed by atoms with Crippen molar-refractivity contribution in [2.45, 2.75) is 52.9 Å². The molecular weight excluding hydrogens is 168 g/mol. The molecule has 0 heteroatoms. The van der Waals surface area contributed by atoms with Gasteiger partial charge in [0.25, 0.3) is 0 Å². The fraction of sp³-hybridized carbons (Fsp3) is 0.571. The van der Waals surface area contributed by atoms with Crippen molar-refractivity contribution < 1.29 is 0 Å². The van der Waals surface area contributed by atoms with E-state index in [-0.39, 0.29) is 0 Å². The highest BCUT2D eigenvalue weighted by Gasteiger charge is 2.16. The van der Waals surface area contributed by atoms with Crippen LogP contribution in [0.5, 0.6) is 0 Å². The number of hydrogen-bond donors (Lipinski definition) is 0. The summed E-state index contributed by atoms with van der Waals surface area (Å²) in [6.07, 6.45) is 6.39. The van der Waals surface area contributed by atoms with Gasteiger partial charge in [-0.1, -0.05) is 19.9 Å². The third-order valence-corrected chi connectivity index (χ3v) is 3.64. The van der Waals surface area contributed by atoms with Crippen molar-refractivity contribution in [1.29, 1.82) is 0 Å². The Kier molecular flexibility index (Phi) is 2.62. The molecule has 0 nitrogen and oxygen atoms in total. The zero-order valence-corrected chi connectivity index (χ0v) is 9.61. The minimum Gasteiger partial charge on any atom is -0.0613 e. The van der Waals surface area contributed by atoms with Crippen LogP contribution in [0, 0.1) is 6.92 Å². The molecule has 0 aromatic heterocycles. The van der Waals surface area contributed by atoms with E-state index in [2.05, 4.69) is 26.8 Å². The molecule has 0 fully saturated rings. The molecule has 0 saturated carbocycles. The monoisotopic (exact) mass is 188 g/mol. The lowest BCUT2D eigenvalue weighted by atomic mass is 9.91. The minimum absolute atomic E-state index is 1.19. The summed E-state index contributed by atoms with van der Waals surface area (Å²) in [5, 5.41) is 0. The van der Waals surface area contributed by atoms with Crippen LogP contribution in [0.15, 0.2) is 6.07 Å². The molecule has 1 aromatic carbocycles. The van der Waals surface area contributed by atoms with E-state index in [9.17, 15) is 0 Å². The average molecular weight is 188 g/mol. The highest BCUT2D eigenvalue weighted by molar-refractivity contribution is 5.47. The van der Waals surface area contributed by atoms with Crippen LogP contribution >= 0.6 is 0 Å². The van der Waals surface area contributed by atoms with Crippen LogP contribution in [0.25, 0.3) is 0 Å². The Balaban J connectivity index is 2.60. The van der Waals surface area contributed by atoms with Crippen LogP contribution in [-0.4, -0.2) is 0 Å². The second-order valence-corrected chi connectivity index (χ2v) is 4.34. The summed E-state index contributed by atoms with van der Waals surface area (Å²) in [6.45, 7) is 6.88. The van der Waals surface area contributed by atoms with Gasteiger partial charge < -0.3 is 0 Å². The van der Waals surface area contributed by atoms with Crippen molar-refractivity contribution in [2.24, 2.45) is 0 Å². The molecule has 1 aromatic rings. The lowest BCUT2D eigenvalue weighted by Crippen LogP contribution is -2.00. The molecular formula is C14H20. The number of fused-ring (bicyclic) bond motifs is 1. The first-order valence-corrected chi connectivity index (χ1v) is 5.91. The van der Waals surface area contributed by atoms with Gasteiger partial charge in [0.15, 0.2) is 0 Å². The van der Waals surface area contributed by atoms with Gasteiger partial charge >= 0.3 is 0 Å². The molecule has 0 bridgehead atoms. The fourth-order valence-corrected chi connectivity index (χ4v) is 2.88. The van der Waals surface area contributed by atoms with E-state index in [1.807, 2.05) is 0 Å². The quantitative estimate of drug-likeness (QED) is 0.665. The Bertz CT molecular complexity index is 348. The van der Waals surface area contributed by atoms with Gasteiger partial charge in [-0.2, -0.15) is 0 Å². The van der Waals surface area contributed by atoms with Gasteiger partial charge in [0.1, 0.15) is 0 Å². The first-order chi connectivity index (χ1) is 6.77. The summed E-state index contributed by atoms with van der Waals surface area (Å²) < 4.78 is 0. The smallest absolute Gasteiger partial charge is 0.0270 e. The lowest BCUT2D eigenvalue weighted by Gasteiger charge is -2.14. The van der Waals surface area contributed by atoms with Gasteiger partial charge in [-0.25, -0.2) is 0 Å². The Hall–Kier alpha value is -0.780. The van der Waals surface area contributed by atoms with E-state index in [1.165, 1.54) is 32.1 Å². The van der Waals surface area contributed by atoms with Gasteiger partial charge in [0.05, 0.1) is 0 Å². The summed E-state index contributed by atoms with van der Waals surface area (Å²) in [7, 11) is 0. The molecule has 14 heavy (non-hydrogen) atoms. The van der Waals surface area contributed by atoms with Crippen molar-refractivity contribution in [3.63, 3.8) is 0 Å². The third-order valence-electron chi connectivity index (χ3n) is 3.64.